The van der Waals surface area contributed by atoms with Crippen LogP contribution in [0.1, 0.15) is 31.2 Å². The van der Waals surface area contributed by atoms with Crippen LogP contribution in [-0.2, 0) is 14.3 Å². The van der Waals surface area contributed by atoms with Crippen molar-refractivity contribution < 1.29 is 23.0 Å². The quantitative estimate of drug-likeness (QED) is 0.750. The number of nitrogens with one attached hydrogen (secondary N) is 1. The molecule has 1 amide bonds. The third kappa shape index (κ3) is 1.98. The molecule has 2 fully saturated rings. The van der Waals surface area contributed by atoms with Crippen molar-refractivity contribution in [2.24, 2.45) is 0 Å². The first-order valence-corrected chi connectivity index (χ1v) is 7.39. The maximum absolute atomic E-state index is 14.2. The predicted octanol–water partition coefficient (Wildman–Crippen LogP) is 2.99. The topological polar surface area (TPSA) is 47.6 Å². The van der Waals surface area contributed by atoms with E-state index >= 15 is 0 Å². The van der Waals surface area contributed by atoms with Crippen LogP contribution in [0.25, 0.3) is 5.57 Å². The Balaban J connectivity index is 1.82. The highest BCUT2D eigenvalue weighted by Crippen LogP contribution is 2.45. The predicted molar refractivity (Wildman–Crippen MR) is 75.0 cm³/mol. The van der Waals surface area contributed by atoms with E-state index in [4.69, 9.17) is 9.47 Å². The van der Waals surface area contributed by atoms with Gasteiger partial charge in [0, 0.05) is 18.4 Å². The van der Waals surface area contributed by atoms with Crippen LogP contribution in [-0.4, -0.2) is 24.9 Å². The number of hydrogen-bond acceptors (Lipinski definition) is 3. The SMILES string of the molecule is O=C1Nc2ccc(F)c(F)c2/C1=C1\CCCC2(C1)OCCO2. The van der Waals surface area contributed by atoms with E-state index in [1.54, 1.807) is 0 Å². The molecule has 2 aliphatic heterocycles. The Kier molecular flexibility index (Phi) is 3.06. The smallest absolute Gasteiger partial charge is 0.256 e. The third-order valence-electron chi connectivity index (χ3n) is 4.51. The summed E-state index contributed by atoms with van der Waals surface area (Å²) < 4.78 is 39.1. The molecule has 0 unspecified atom stereocenters. The molecule has 3 aliphatic rings. The maximum Gasteiger partial charge on any atom is 0.256 e. The molecule has 2 heterocycles. The molecule has 0 aromatic heterocycles. The highest BCUT2D eigenvalue weighted by atomic mass is 19.2. The molecule has 6 heteroatoms. The third-order valence-corrected chi connectivity index (χ3v) is 4.51. The van der Waals surface area contributed by atoms with Crippen LogP contribution in [0, 0.1) is 11.6 Å². The molecule has 0 radical (unpaired) electrons. The van der Waals surface area contributed by atoms with Gasteiger partial charge in [-0.05, 0) is 25.0 Å². The number of carbonyl (C=O) groups excluding carboxylic acids is 1. The summed E-state index contributed by atoms with van der Waals surface area (Å²) in [6.45, 7) is 1.04. The summed E-state index contributed by atoms with van der Waals surface area (Å²) in [4.78, 5) is 12.3. The lowest BCUT2D eigenvalue weighted by molar-refractivity contribution is -0.167. The van der Waals surface area contributed by atoms with Gasteiger partial charge < -0.3 is 14.8 Å². The Hall–Kier alpha value is -1.79. The largest absolute Gasteiger partial charge is 0.347 e. The second-order valence-corrected chi connectivity index (χ2v) is 5.85. The molecular formula is C16H15F2NO3. The fourth-order valence-electron chi connectivity index (χ4n) is 3.56. The van der Waals surface area contributed by atoms with Crippen molar-refractivity contribution in [3.05, 3.63) is 34.9 Å². The number of rotatable bonds is 0. The van der Waals surface area contributed by atoms with Gasteiger partial charge in [0.1, 0.15) is 0 Å². The van der Waals surface area contributed by atoms with E-state index in [9.17, 15) is 13.6 Å². The van der Waals surface area contributed by atoms with E-state index in [-0.39, 0.29) is 17.0 Å². The molecule has 22 heavy (non-hydrogen) atoms. The number of benzene rings is 1. The number of hydrogen-bond donors (Lipinski definition) is 1. The van der Waals surface area contributed by atoms with Gasteiger partial charge in [-0.2, -0.15) is 0 Å². The summed E-state index contributed by atoms with van der Waals surface area (Å²) in [5, 5.41) is 2.61. The minimum absolute atomic E-state index is 0.0371. The van der Waals surface area contributed by atoms with Gasteiger partial charge in [-0.3, -0.25) is 4.79 Å². The molecule has 1 aromatic carbocycles. The fourth-order valence-corrected chi connectivity index (χ4v) is 3.56. The highest BCUT2D eigenvalue weighted by molar-refractivity contribution is 6.32. The number of carbonyl (C=O) groups is 1. The minimum Gasteiger partial charge on any atom is -0.347 e. The second kappa shape index (κ2) is 4.86. The summed E-state index contributed by atoms with van der Waals surface area (Å²) in [6, 6.07) is 2.41. The molecular weight excluding hydrogens is 292 g/mol. The normalized spacial score (nSPS) is 26.4. The minimum atomic E-state index is -0.980. The summed E-state index contributed by atoms with van der Waals surface area (Å²) in [5.74, 6) is -3.02. The van der Waals surface area contributed by atoms with Crippen molar-refractivity contribution >= 4 is 17.2 Å². The Morgan fingerprint density at radius 2 is 1.95 bits per heavy atom. The van der Waals surface area contributed by atoms with Crippen molar-refractivity contribution in [2.75, 3.05) is 18.5 Å². The van der Waals surface area contributed by atoms with Crippen molar-refractivity contribution in [1.82, 2.24) is 0 Å². The fraction of sp³-hybridized carbons (Fsp3) is 0.438. The molecule has 0 bridgehead atoms. The first-order chi connectivity index (χ1) is 10.6. The molecule has 4 rings (SSSR count). The van der Waals surface area contributed by atoms with E-state index in [1.165, 1.54) is 6.07 Å². The van der Waals surface area contributed by atoms with Gasteiger partial charge in [0.25, 0.3) is 5.91 Å². The van der Waals surface area contributed by atoms with Gasteiger partial charge in [0.05, 0.1) is 24.5 Å². The number of anilines is 1. The number of ether oxygens (including phenoxy) is 2. The zero-order chi connectivity index (χ0) is 15.3. The Labute approximate surface area is 126 Å². The maximum atomic E-state index is 14.2. The van der Waals surface area contributed by atoms with Crippen LogP contribution < -0.4 is 5.32 Å². The zero-order valence-electron chi connectivity index (χ0n) is 11.9. The Bertz CT molecular complexity index is 693. The van der Waals surface area contributed by atoms with Crippen molar-refractivity contribution in [2.45, 2.75) is 31.5 Å². The number of halogens is 2. The molecule has 116 valence electrons. The first kappa shape index (κ1) is 13.8. The summed E-state index contributed by atoms with van der Waals surface area (Å²) in [5.41, 5.74) is 1.37. The summed E-state index contributed by atoms with van der Waals surface area (Å²) >= 11 is 0. The van der Waals surface area contributed by atoms with E-state index < -0.39 is 17.4 Å². The molecule has 4 nitrogen and oxygen atoms in total. The standard InChI is InChI=1S/C16H15F2NO3/c17-10-3-4-11-13(14(10)18)12(15(20)19-11)9-2-1-5-16(8-9)21-6-7-22-16/h3-4H,1-2,5-8H2,(H,19,20)/b12-9-. The zero-order valence-corrected chi connectivity index (χ0v) is 11.9. The van der Waals surface area contributed by atoms with Gasteiger partial charge in [-0.25, -0.2) is 8.78 Å². The Morgan fingerprint density at radius 3 is 2.73 bits per heavy atom. The highest BCUT2D eigenvalue weighted by Gasteiger charge is 2.42. The van der Waals surface area contributed by atoms with Crippen LogP contribution in [0.3, 0.4) is 0 Å². The van der Waals surface area contributed by atoms with Crippen molar-refractivity contribution in [3.63, 3.8) is 0 Å². The number of amides is 1. The van der Waals surface area contributed by atoms with Crippen LogP contribution in [0.15, 0.2) is 17.7 Å². The van der Waals surface area contributed by atoms with Gasteiger partial charge in [0.15, 0.2) is 17.4 Å². The molecule has 1 saturated carbocycles. The van der Waals surface area contributed by atoms with Crippen molar-refractivity contribution in [1.29, 1.82) is 0 Å². The van der Waals surface area contributed by atoms with Crippen LogP contribution in [0.2, 0.25) is 0 Å². The molecule has 1 aliphatic carbocycles. The number of fused-ring (bicyclic) bond motifs is 1. The lowest BCUT2D eigenvalue weighted by Crippen LogP contribution is -2.34. The lowest BCUT2D eigenvalue weighted by atomic mass is 9.84. The Morgan fingerprint density at radius 1 is 1.18 bits per heavy atom. The second-order valence-electron chi connectivity index (χ2n) is 5.85. The average molecular weight is 307 g/mol. The summed E-state index contributed by atoms with van der Waals surface area (Å²) in [7, 11) is 0. The molecule has 0 atom stereocenters. The van der Waals surface area contributed by atoms with Gasteiger partial charge in [0.2, 0.25) is 0 Å². The monoisotopic (exact) mass is 307 g/mol. The first-order valence-electron chi connectivity index (χ1n) is 7.39. The van der Waals surface area contributed by atoms with Gasteiger partial charge in [-0.15, -0.1) is 0 Å². The van der Waals surface area contributed by atoms with Crippen LogP contribution in [0.4, 0.5) is 14.5 Å². The van der Waals surface area contributed by atoms with Crippen LogP contribution in [0.5, 0.6) is 0 Å². The molecule has 1 spiro atoms. The average Bonchev–Trinajstić information content (AvgIpc) is 3.08. The summed E-state index contributed by atoms with van der Waals surface area (Å²) in [6.07, 6.45) is 2.63. The lowest BCUT2D eigenvalue weighted by Gasteiger charge is -2.33. The van der Waals surface area contributed by atoms with E-state index in [1.807, 2.05) is 0 Å². The van der Waals surface area contributed by atoms with E-state index in [2.05, 4.69) is 5.32 Å². The molecule has 1 saturated heterocycles. The van der Waals surface area contributed by atoms with Crippen LogP contribution >= 0.6 is 0 Å². The van der Waals surface area contributed by atoms with E-state index in [0.717, 1.165) is 24.5 Å². The van der Waals surface area contributed by atoms with Gasteiger partial charge >= 0.3 is 0 Å². The van der Waals surface area contributed by atoms with E-state index in [0.29, 0.717) is 31.7 Å². The van der Waals surface area contributed by atoms with Gasteiger partial charge in [-0.1, -0.05) is 5.57 Å². The molecule has 1 N–H and O–H groups in total. The van der Waals surface area contributed by atoms with Crippen molar-refractivity contribution in [3.8, 4) is 0 Å². The molecule has 1 aromatic rings.